The van der Waals surface area contributed by atoms with E-state index in [1.807, 2.05) is 13.8 Å². The van der Waals surface area contributed by atoms with Crippen molar-refractivity contribution in [1.29, 1.82) is 0 Å². The molecule has 1 rings (SSSR count). The first-order chi connectivity index (χ1) is 8.77. The summed E-state index contributed by atoms with van der Waals surface area (Å²) >= 11 is 0. The fourth-order valence-electron chi connectivity index (χ4n) is 2.03. The summed E-state index contributed by atoms with van der Waals surface area (Å²) in [7, 11) is 0. The van der Waals surface area contributed by atoms with E-state index in [9.17, 15) is 4.79 Å². The van der Waals surface area contributed by atoms with Crippen LogP contribution in [0.15, 0.2) is 0 Å². The van der Waals surface area contributed by atoms with Gasteiger partial charge in [0.15, 0.2) is 6.10 Å². The van der Waals surface area contributed by atoms with E-state index in [-0.39, 0.29) is 5.97 Å². The van der Waals surface area contributed by atoms with E-state index in [0.717, 1.165) is 45.7 Å². The molecule has 5 heteroatoms. The van der Waals surface area contributed by atoms with Crippen molar-refractivity contribution in [3.8, 4) is 0 Å². The molecule has 0 spiro atoms. The number of rotatable bonds is 8. The molecular weight excluding hydrogens is 234 g/mol. The van der Waals surface area contributed by atoms with Crippen molar-refractivity contribution in [2.24, 2.45) is 0 Å². The highest BCUT2D eigenvalue weighted by Crippen LogP contribution is 2.07. The second-order valence-electron chi connectivity index (χ2n) is 4.29. The Balaban J connectivity index is 2.21. The normalized spacial score (nSPS) is 18.6. The number of carbonyl (C=O) groups is 1. The summed E-state index contributed by atoms with van der Waals surface area (Å²) in [5.41, 5.74) is 0. The Hall–Kier alpha value is -0.650. The lowest BCUT2D eigenvalue weighted by Gasteiger charge is -2.27. The van der Waals surface area contributed by atoms with Gasteiger partial charge in [0.05, 0.1) is 19.8 Å². The smallest absolute Gasteiger partial charge is 0.335 e. The standard InChI is InChI=1S/C13H25NO4/c1-3-17-12(13(15)18-4-2)6-5-7-14-8-10-16-11-9-14/h12H,3-11H2,1-2H3/t12-/m1/s1. The number of carbonyl (C=O) groups excluding carboxylic acids is 1. The minimum Gasteiger partial charge on any atom is -0.464 e. The molecule has 0 radical (unpaired) electrons. The van der Waals surface area contributed by atoms with E-state index in [1.54, 1.807) is 0 Å². The van der Waals surface area contributed by atoms with Crippen LogP contribution < -0.4 is 0 Å². The van der Waals surface area contributed by atoms with Crippen LogP contribution in [-0.2, 0) is 19.0 Å². The van der Waals surface area contributed by atoms with Gasteiger partial charge in [-0.1, -0.05) is 0 Å². The molecule has 106 valence electrons. The van der Waals surface area contributed by atoms with Crippen LogP contribution >= 0.6 is 0 Å². The lowest BCUT2D eigenvalue weighted by molar-refractivity contribution is -0.157. The fourth-order valence-corrected chi connectivity index (χ4v) is 2.03. The second kappa shape index (κ2) is 9.30. The SMILES string of the molecule is CCOC(=O)[C@@H](CCCN1CCOCC1)OCC. The molecule has 18 heavy (non-hydrogen) atoms. The molecule has 5 nitrogen and oxygen atoms in total. The van der Waals surface area contributed by atoms with E-state index in [1.165, 1.54) is 0 Å². The molecule has 1 aliphatic heterocycles. The minimum atomic E-state index is -0.406. The molecule has 1 saturated heterocycles. The van der Waals surface area contributed by atoms with Crippen LogP contribution in [0.1, 0.15) is 26.7 Å². The van der Waals surface area contributed by atoms with Gasteiger partial charge < -0.3 is 14.2 Å². The Bertz CT molecular complexity index is 229. The number of esters is 1. The molecule has 0 aromatic carbocycles. The van der Waals surface area contributed by atoms with Crippen molar-refractivity contribution in [1.82, 2.24) is 4.90 Å². The van der Waals surface area contributed by atoms with E-state index >= 15 is 0 Å². The summed E-state index contributed by atoms with van der Waals surface area (Å²) in [5, 5.41) is 0. The predicted octanol–water partition coefficient (Wildman–Crippen LogP) is 1.07. The number of hydrogen-bond donors (Lipinski definition) is 0. The zero-order chi connectivity index (χ0) is 13.2. The van der Waals surface area contributed by atoms with Crippen LogP contribution in [0.2, 0.25) is 0 Å². The largest absolute Gasteiger partial charge is 0.464 e. The third-order valence-electron chi connectivity index (χ3n) is 2.96. The summed E-state index contributed by atoms with van der Waals surface area (Å²) in [6, 6.07) is 0. The maximum absolute atomic E-state index is 11.6. The minimum absolute atomic E-state index is 0.235. The van der Waals surface area contributed by atoms with Crippen molar-refractivity contribution in [2.75, 3.05) is 46.1 Å². The molecule has 0 aromatic heterocycles. The highest BCUT2D eigenvalue weighted by Gasteiger charge is 2.20. The number of hydrogen-bond acceptors (Lipinski definition) is 5. The van der Waals surface area contributed by atoms with Gasteiger partial charge in [-0.2, -0.15) is 0 Å². The highest BCUT2D eigenvalue weighted by molar-refractivity contribution is 5.74. The summed E-state index contributed by atoms with van der Waals surface area (Å²) in [6.45, 7) is 9.25. The molecule has 1 atom stereocenters. The molecule has 0 amide bonds. The van der Waals surface area contributed by atoms with Gasteiger partial charge >= 0.3 is 5.97 Å². The molecule has 0 N–H and O–H groups in total. The molecule has 1 aliphatic rings. The summed E-state index contributed by atoms with van der Waals surface area (Å²) < 4.78 is 15.7. The molecule has 1 heterocycles. The van der Waals surface area contributed by atoms with Crippen LogP contribution in [0.4, 0.5) is 0 Å². The van der Waals surface area contributed by atoms with Crippen molar-refractivity contribution >= 4 is 5.97 Å². The molecule has 0 unspecified atom stereocenters. The van der Waals surface area contributed by atoms with E-state index < -0.39 is 6.10 Å². The van der Waals surface area contributed by atoms with Crippen LogP contribution in [0.25, 0.3) is 0 Å². The first-order valence-electron chi connectivity index (χ1n) is 6.86. The van der Waals surface area contributed by atoms with Gasteiger partial charge in [0.1, 0.15) is 0 Å². The van der Waals surface area contributed by atoms with Gasteiger partial charge in [-0.15, -0.1) is 0 Å². The highest BCUT2D eigenvalue weighted by atomic mass is 16.6. The Morgan fingerprint density at radius 3 is 2.61 bits per heavy atom. The zero-order valence-corrected chi connectivity index (χ0v) is 11.5. The monoisotopic (exact) mass is 259 g/mol. The van der Waals surface area contributed by atoms with E-state index in [0.29, 0.717) is 13.2 Å². The Morgan fingerprint density at radius 1 is 1.28 bits per heavy atom. The number of nitrogens with zero attached hydrogens (tertiary/aromatic N) is 1. The summed E-state index contributed by atoms with van der Waals surface area (Å²) in [5.74, 6) is -0.235. The Morgan fingerprint density at radius 2 is 2.00 bits per heavy atom. The van der Waals surface area contributed by atoms with E-state index in [4.69, 9.17) is 14.2 Å². The number of ether oxygens (including phenoxy) is 3. The quantitative estimate of drug-likeness (QED) is 0.610. The molecule has 0 bridgehead atoms. The molecule has 0 aromatic rings. The fraction of sp³-hybridized carbons (Fsp3) is 0.923. The second-order valence-corrected chi connectivity index (χ2v) is 4.29. The molecular formula is C13H25NO4. The molecule has 0 aliphatic carbocycles. The van der Waals surface area contributed by atoms with E-state index in [2.05, 4.69) is 4.90 Å². The molecule has 0 saturated carbocycles. The average molecular weight is 259 g/mol. The lowest BCUT2D eigenvalue weighted by atomic mass is 10.2. The van der Waals surface area contributed by atoms with Gasteiger partial charge in [-0.05, 0) is 33.2 Å². The average Bonchev–Trinajstić information content (AvgIpc) is 2.39. The van der Waals surface area contributed by atoms with Gasteiger partial charge in [0, 0.05) is 19.7 Å². The summed E-state index contributed by atoms with van der Waals surface area (Å²) in [6.07, 6.45) is 1.27. The molecule has 1 fully saturated rings. The predicted molar refractivity (Wildman–Crippen MR) is 68.5 cm³/mol. The topological polar surface area (TPSA) is 48.0 Å². The third-order valence-corrected chi connectivity index (χ3v) is 2.96. The van der Waals surface area contributed by atoms with Gasteiger partial charge in [0.2, 0.25) is 0 Å². The van der Waals surface area contributed by atoms with Crippen LogP contribution in [0, 0.1) is 0 Å². The Labute approximate surface area is 109 Å². The first-order valence-corrected chi connectivity index (χ1v) is 6.86. The zero-order valence-electron chi connectivity index (χ0n) is 11.5. The van der Waals surface area contributed by atoms with Crippen LogP contribution in [0.5, 0.6) is 0 Å². The van der Waals surface area contributed by atoms with Crippen LogP contribution in [-0.4, -0.2) is 63.0 Å². The van der Waals surface area contributed by atoms with Gasteiger partial charge in [-0.25, -0.2) is 4.79 Å². The number of morpholine rings is 1. The van der Waals surface area contributed by atoms with Gasteiger partial charge in [-0.3, -0.25) is 4.90 Å². The van der Waals surface area contributed by atoms with Crippen molar-refractivity contribution < 1.29 is 19.0 Å². The third kappa shape index (κ3) is 5.80. The van der Waals surface area contributed by atoms with Crippen LogP contribution in [0.3, 0.4) is 0 Å². The van der Waals surface area contributed by atoms with Gasteiger partial charge in [0.25, 0.3) is 0 Å². The maximum Gasteiger partial charge on any atom is 0.335 e. The first kappa shape index (κ1) is 15.4. The summed E-state index contributed by atoms with van der Waals surface area (Å²) in [4.78, 5) is 14.0. The van der Waals surface area contributed by atoms with Crippen molar-refractivity contribution in [3.05, 3.63) is 0 Å². The Kier molecular flexibility index (Phi) is 7.96. The van der Waals surface area contributed by atoms with Crippen molar-refractivity contribution in [3.63, 3.8) is 0 Å². The maximum atomic E-state index is 11.6. The lowest BCUT2D eigenvalue weighted by Crippen LogP contribution is -2.37. The van der Waals surface area contributed by atoms with Crippen molar-refractivity contribution in [2.45, 2.75) is 32.8 Å².